The number of rotatable bonds is 2. The highest BCUT2D eigenvalue weighted by Gasteiger charge is 1.99. The highest BCUT2D eigenvalue weighted by molar-refractivity contribution is 5.54. The van der Waals surface area contributed by atoms with E-state index in [0.29, 0.717) is 17.5 Å². The maximum absolute atomic E-state index is 5.57. The fourth-order valence-corrected chi connectivity index (χ4v) is 1.12. The Morgan fingerprint density at radius 2 is 2.29 bits per heavy atom. The quantitative estimate of drug-likeness (QED) is 0.652. The summed E-state index contributed by atoms with van der Waals surface area (Å²) in [7, 11) is 0. The number of nitrogens with zero attached hydrogens (tertiary/aromatic N) is 3. The molecule has 0 bridgehead atoms. The van der Waals surface area contributed by atoms with Crippen LogP contribution in [0.3, 0.4) is 0 Å². The van der Waals surface area contributed by atoms with E-state index in [0.717, 1.165) is 5.82 Å². The minimum atomic E-state index is 0.444. The lowest BCUT2D eigenvalue weighted by Crippen LogP contribution is -2.00. The molecule has 2 heterocycles. The van der Waals surface area contributed by atoms with Crippen molar-refractivity contribution in [2.45, 2.75) is 6.92 Å². The number of hydrogen-bond acceptors (Lipinski definition) is 5. The summed E-state index contributed by atoms with van der Waals surface area (Å²) in [5.74, 6) is 2.49. The molecule has 0 aromatic carbocycles. The van der Waals surface area contributed by atoms with Gasteiger partial charge in [0.15, 0.2) is 0 Å². The molecule has 72 valence electrons. The number of aromatic amines is 1. The van der Waals surface area contributed by atoms with E-state index in [-0.39, 0.29) is 0 Å². The Morgan fingerprint density at radius 3 is 2.93 bits per heavy atom. The van der Waals surface area contributed by atoms with Crippen molar-refractivity contribution < 1.29 is 0 Å². The van der Waals surface area contributed by atoms with Gasteiger partial charge < -0.3 is 11.1 Å². The van der Waals surface area contributed by atoms with Crippen molar-refractivity contribution in [3.8, 4) is 0 Å². The van der Waals surface area contributed by atoms with E-state index >= 15 is 0 Å². The van der Waals surface area contributed by atoms with E-state index in [2.05, 4.69) is 25.5 Å². The third-order valence-electron chi connectivity index (χ3n) is 1.62. The highest BCUT2D eigenvalue weighted by atomic mass is 15.2. The summed E-state index contributed by atoms with van der Waals surface area (Å²) in [6.45, 7) is 1.79. The molecule has 0 amide bonds. The van der Waals surface area contributed by atoms with Gasteiger partial charge in [0.25, 0.3) is 0 Å². The van der Waals surface area contributed by atoms with Crippen molar-refractivity contribution in [3.63, 3.8) is 0 Å². The predicted molar refractivity (Wildman–Crippen MR) is 53.1 cm³/mol. The summed E-state index contributed by atoms with van der Waals surface area (Å²) in [6.07, 6.45) is 1.65. The molecule has 0 spiro atoms. The summed E-state index contributed by atoms with van der Waals surface area (Å²) in [5, 5.41) is 9.58. The molecule has 0 saturated carbocycles. The Balaban J connectivity index is 2.25. The zero-order valence-electron chi connectivity index (χ0n) is 7.65. The molecule has 4 N–H and O–H groups in total. The molecule has 0 fully saturated rings. The average molecular weight is 190 g/mol. The molecular formula is C8H10N6. The second-order valence-electron chi connectivity index (χ2n) is 2.82. The second kappa shape index (κ2) is 3.33. The molecule has 0 aliphatic heterocycles. The van der Waals surface area contributed by atoms with Gasteiger partial charge in [-0.25, -0.2) is 9.97 Å². The monoisotopic (exact) mass is 190 g/mol. The summed E-state index contributed by atoms with van der Waals surface area (Å²) >= 11 is 0. The Morgan fingerprint density at radius 1 is 1.43 bits per heavy atom. The summed E-state index contributed by atoms with van der Waals surface area (Å²) < 4.78 is 0. The zero-order valence-corrected chi connectivity index (χ0v) is 7.65. The van der Waals surface area contributed by atoms with Crippen molar-refractivity contribution in [1.82, 2.24) is 20.2 Å². The van der Waals surface area contributed by atoms with Crippen LogP contribution in [0.4, 0.5) is 17.5 Å². The Hall–Kier alpha value is -2.11. The molecule has 2 aromatic rings. The topological polar surface area (TPSA) is 92.5 Å². The van der Waals surface area contributed by atoms with Crippen molar-refractivity contribution in [2.24, 2.45) is 0 Å². The van der Waals surface area contributed by atoms with Crippen LogP contribution in [0.25, 0.3) is 0 Å². The maximum Gasteiger partial charge on any atom is 0.137 e. The van der Waals surface area contributed by atoms with Gasteiger partial charge in [0.05, 0.1) is 6.20 Å². The first kappa shape index (κ1) is 8.49. The average Bonchev–Trinajstić information content (AvgIpc) is 2.54. The number of H-pyrrole nitrogens is 1. The van der Waals surface area contributed by atoms with E-state index in [9.17, 15) is 0 Å². The number of aromatic nitrogens is 4. The number of hydrogen-bond donors (Lipinski definition) is 3. The van der Waals surface area contributed by atoms with Gasteiger partial charge in [0.1, 0.15) is 23.3 Å². The van der Waals surface area contributed by atoms with Gasteiger partial charge in [0, 0.05) is 12.1 Å². The molecule has 0 radical (unpaired) electrons. The van der Waals surface area contributed by atoms with E-state index in [1.807, 2.05) is 0 Å². The molecule has 6 nitrogen and oxygen atoms in total. The summed E-state index contributed by atoms with van der Waals surface area (Å²) in [4.78, 5) is 8.12. The highest BCUT2D eigenvalue weighted by Crippen LogP contribution is 2.12. The molecule has 6 heteroatoms. The van der Waals surface area contributed by atoms with Crippen LogP contribution in [-0.4, -0.2) is 20.2 Å². The largest absolute Gasteiger partial charge is 0.384 e. The number of nitrogens with one attached hydrogen (secondary N) is 2. The smallest absolute Gasteiger partial charge is 0.137 e. The van der Waals surface area contributed by atoms with E-state index in [1.165, 1.54) is 0 Å². The minimum Gasteiger partial charge on any atom is -0.384 e. The number of aryl methyl sites for hydroxylation is 1. The fraction of sp³-hybridized carbons (Fsp3) is 0.125. The summed E-state index contributed by atoms with van der Waals surface area (Å²) in [6, 6.07) is 3.46. The molecule has 2 aromatic heterocycles. The van der Waals surface area contributed by atoms with Gasteiger partial charge in [-0.05, 0) is 6.92 Å². The van der Waals surface area contributed by atoms with Crippen molar-refractivity contribution in [2.75, 3.05) is 11.1 Å². The number of nitrogens with two attached hydrogens (primary N) is 1. The Labute approximate surface area is 80.6 Å². The molecule has 0 atom stereocenters. The fourth-order valence-electron chi connectivity index (χ4n) is 1.12. The second-order valence-corrected chi connectivity index (χ2v) is 2.82. The first-order chi connectivity index (χ1) is 6.74. The molecule has 0 unspecified atom stereocenters. The lowest BCUT2D eigenvalue weighted by atomic mass is 10.5. The van der Waals surface area contributed by atoms with Crippen LogP contribution in [0.1, 0.15) is 5.82 Å². The van der Waals surface area contributed by atoms with Crippen LogP contribution in [-0.2, 0) is 0 Å². The lowest BCUT2D eigenvalue weighted by Gasteiger charge is -2.03. The molecule has 0 saturated heterocycles. The third kappa shape index (κ3) is 1.79. The number of nitrogen functional groups attached to an aromatic ring is 1. The maximum atomic E-state index is 5.57. The van der Waals surface area contributed by atoms with E-state index < -0.39 is 0 Å². The van der Waals surface area contributed by atoms with Crippen LogP contribution in [0.15, 0.2) is 18.3 Å². The zero-order chi connectivity index (χ0) is 9.97. The van der Waals surface area contributed by atoms with Crippen molar-refractivity contribution in [3.05, 3.63) is 24.2 Å². The van der Waals surface area contributed by atoms with Gasteiger partial charge in [-0.2, -0.15) is 5.10 Å². The lowest BCUT2D eigenvalue weighted by molar-refractivity contribution is 1.05. The Bertz CT molecular complexity index is 401. The van der Waals surface area contributed by atoms with Gasteiger partial charge in [-0.15, -0.1) is 0 Å². The van der Waals surface area contributed by atoms with Crippen LogP contribution >= 0.6 is 0 Å². The normalized spacial score (nSPS) is 10.1. The first-order valence-electron chi connectivity index (χ1n) is 4.11. The third-order valence-corrected chi connectivity index (χ3v) is 1.62. The van der Waals surface area contributed by atoms with Gasteiger partial charge in [-0.1, -0.05) is 0 Å². The molecule has 0 aliphatic carbocycles. The molecule has 2 rings (SSSR count). The van der Waals surface area contributed by atoms with Crippen molar-refractivity contribution in [1.29, 1.82) is 0 Å². The van der Waals surface area contributed by atoms with Crippen LogP contribution in [0, 0.1) is 6.92 Å². The van der Waals surface area contributed by atoms with Gasteiger partial charge in [-0.3, -0.25) is 5.10 Å². The Kier molecular flexibility index (Phi) is 2.02. The van der Waals surface area contributed by atoms with Crippen molar-refractivity contribution >= 4 is 17.5 Å². The predicted octanol–water partition coefficient (Wildman–Crippen LogP) is 0.834. The van der Waals surface area contributed by atoms with Crippen LogP contribution in [0.5, 0.6) is 0 Å². The SMILES string of the molecule is Cc1nc(N)cc(Nc2ccn[nH]2)n1. The van der Waals surface area contributed by atoms with E-state index in [4.69, 9.17) is 5.73 Å². The minimum absolute atomic E-state index is 0.444. The number of anilines is 3. The molecule has 14 heavy (non-hydrogen) atoms. The molecule has 0 aliphatic rings. The van der Waals surface area contributed by atoms with Gasteiger partial charge >= 0.3 is 0 Å². The van der Waals surface area contributed by atoms with Crippen LogP contribution in [0.2, 0.25) is 0 Å². The summed E-state index contributed by atoms with van der Waals surface area (Å²) in [5.41, 5.74) is 5.57. The van der Waals surface area contributed by atoms with Gasteiger partial charge in [0.2, 0.25) is 0 Å². The first-order valence-corrected chi connectivity index (χ1v) is 4.11. The standard InChI is InChI=1S/C8H10N6/c1-5-11-6(9)4-8(12-5)13-7-2-3-10-14-7/h2-4H,1H3,(H4,9,10,11,12,13,14). The molecular weight excluding hydrogens is 180 g/mol. The van der Waals surface area contributed by atoms with Crippen LogP contribution < -0.4 is 11.1 Å². The van der Waals surface area contributed by atoms with E-state index in [1.54, 1.807) is 25.3 Å².